The van der Waals surface area contributed by atoms with Crippen LogP contribution >= 0.6 is 11.8 Å². The van der Waals surface area contributed by atoms with Gasteiger partial charge in [-0.1, -0.05) is 17.7 Å². The zero-order chi connectivity index (χ0) is 18.8. The van der Waals surface area contributed by atoms with Crippen molar-refractivity contribution in [3.63, 3.8) is 0 Å². The van der Waals surface area contributed by atoms with Crippen LogP contribution in [0.3, 0.4) is 0 Å². The van der Waals surface area contributed by atoms with Crippen molar-refractivity contribution in [2.24, 2.45) is 0 Å². The predicted molar refractivity (Wildman–Crippen MR) is 101 cm³/mol. The molecule has 0 fully saturated rings. The van der Waals surface area contributed by atoms with E-state index < -0.39 is 22.5 Å². The smallest absolute Gasteiger partial charge is 0.324 e. The monoisotopic (exact) mass is 379 g/mol. The Balaban J connectivity index is 2.62. The first-order chi connectivity index (χ1) is 11.7. The van der Waals surface area contributed by atoms with Gasteiger partial charge in [-0.05, 0) is 62.4 Å². The summed E-state index contributed by atoms with van der Waals surface area (Å²) in [6.45, 7) is 4.87. The van der Waals surface area contributed by atoms with Crippen molar-refractivity contribution >= 4 is 33.4 Å². The average molecular weight is 380 g/mol. The highest BCUT2D eigenvalue weighted by molar-refractivity contribution is 7.98. The molecule has 2 aromatic carbocycles. The van der Waals surface area contributed by atoms with Gasteiger partial charge in [0.15, 0.2) is 0 Å². The highest BCUT2D eigenvalue weighted by Gasteiger charge is 2.29. The number of anilines is 1. The topological polar surface area (TPSA) is 74.7 Å². The van der Waals surface area contributed by atoms with E-state index in [1.807, 2.05) is 25.3 Å². The van der Waals surface area contributed by atoms with Crippen molar-refractivity contribution in [3.8, 4) is 0 Å². The summed E-state index contributed by atoms with van der Waals surface area (Å²) < 4.78 is 27.2. The molecule has 2 aromatic rings. The van der Waals surface area contributed by atoms with E-state index in [0.29, 0.717) is 5.69 Å². The van der Waals surface area contributed by atoms with E-state index in [0.717, 1.165) is 25.9 Å². The molecule has 25 heavy (non-hydrogen) atoms. The molecule has 1 N–H and O–H groups in total. The molecular formula is C18H21NO4S2. The second kappa shape index (κ2) is 7.49. The fraction of sp³-hybridized carbons (Fsp3) is 0.278. The van der Waals surface area contributed by atoms with E-state index in [1.54, 1.807) is 26.0 Å². The van der Waals surface area contributed by atoms with E-state index in [9.17, 15) is 18.3 Å². The maximum absolute atomic E-state index is 13.1. The summed E-state index contributed by atoms with van der Waals surface area (Å²) in [6, 6.07) is 10.1. The molecule has 0 radical (unpaired) electrons. The standard InChI is InChI=1S/C18H21NO4S2/c1-12-9-13(2)18(14(3)10-12)19(11-17(20)21)25(22,23)16-7-5-15(24-4)6-8-16/h5-10H,11H2,1-4H3,(H,20,21). The zero-order valence-electron chi connectivity index (χ0n) is 14.6. The van der Waals surface area contributed by atoms with Crippen LogP contribution in [0, 0.1) is 20.8 Å². The summed E-state index contributed by atoms with van der Waals surface area (Å²) in [4.78, 5) is 12.4. The van der Waals surface area contributed by atoms with E-state index in [1.165, 1.54) is 23.9 Å². The van der Waals surface area contributed by atoms with Gasteiger partial charge in [-0.3, -0.25) is 9.10 Å². The fourth-order valence-electron chi connectivity index (χ4n) is 2.85. The average Bonchev–Trinajstić information content (AvgIpc) is 2.52. The quantitative estimate of drug-likeness (QED) is 0.776. The van der Waals surface area contributed by atoms with Crippen LogP contribution in [0.15, 0.2) is 46.2 Å². The molecule has 0 atom stereocenters. The van der Waals surface area contributed by atoms with Crippen LogP contribution in [0.2, 0.25) is 0 Å². The Hall–Kier alpha value is -1.99. The summed E-state index contributed by atoms with van der Waals surface area (Å²) in [5.74, 6) is -1.20. The molecule has 0 spiro atoms. The third-order valence-corrected chi connectivity index (χ3v) is 6.31. The number of rotatable bonds is 6. The number of benzene rings is 2. The number of carboxylic acids is 1. The molecule has 0 saturated carbocycles. The highest BCUT2D eigenvalue weighted by Crippen LogP contribution is 2.31. The van der Waals surface area contributed by atoms with E-state index in [4.69, 9.17) is 0 Å². The summed E-state index contributed by atoms with van der Waals surface area (Å²) in [5.41, 5.74) is 2.86. The van der Waals surface area contributed by atoms with Gasteiger partial charge in [0.25, 0.3) is 10.0 Å². The van der Waals surface area contributed by atoms with Crippen molar-refractivity contribution in [1.82, 2.24) is 0 Å². The molecule has 0 aliphatic heterocycles. The highest BCUT2D eigenvalue weighted by atomic mass is 32.2. The molecule has 0 unspecified atom stereocenters. The van der Waals surface area contributed by atoms with Gasteiger partial charge < -0.3 is 5.11 Å². The first-order valence-corrected chi connectivity index (χ1v) is 10.3. The molecule has 0 amide bonds. The summed E-state index contributed by atoms with van der Waals surface area (Å²) >= 11 is 1.51. The summed E-state index contributed by atoms with van der Waals surface area (Å²) in [7, 11) is -3.99. The first kappa shape index (κ1) is 19.3. The normalized spacial score (nSPS) is 11.4. The van der Waals surface area contributed by atoms with Crippen LogP contribution in [0.25, 0.3) is 0 Å². The van der Waals surface area contributed by atoms with Gasteiger partial charge in [-0.2, -0.15) is 0 Å². The number of aliphatic carboxylic acids is 1. The number of carboxylic acid groups (broad SMARTS) is 1. The largest absolute Gasteiger partial charge is 0.480 e. The van der Waals surface area contributed by atoms with Crippen LogP contribution in [0.1, 0.15) is 16.7 Å². The Morgan fingerprint density at radius 1 is 1.08 bits per heavy atom. The lowest BCUT2D eigenvalue weighted by atomic mass is 10.1. The molecule has 0 aliphatic carbocycles. The van der Waals surface area contributed by atoms with E-state index in [2.05, 4.69) is 0 Å². The maximum Gasteiger partial charge on any atom is 0.324 e. The number of nitrogens with zero attached hydrogens (tertiary/aromatic N) is 1. The third-order valence-electron chi connectivity index (χ3n) is 3.81. The number of thioether (sulfide) groups is 1. The lowest BCUT2D eigenvalue weighted by Crippen LogP contribution is -2.36. The number of sulfonamides is 1. The van der Waals surface area contributed by atoms with Gasteiger partial charge in [0.1, 0.15) is 6.54 Å². The Bertz CT molecular complexity index is 867. The van der Waals surface area contributed by atoms with Crippen LogP contribution in [-0.2, 0) is 14.8 Å². The van der Waals surface area contributed by atoms with Gasteiger partial charge >= 0.3 is 5.97 Å². The maximum atomic E-state index is 13.1. The Kier molecular flexibility index (Phi) is 5.80. The zero-order valence-corrected chi connectivity index (χ0v) is 16.2. The Morgan fingerprint density at radius 3 is 2.04 bits per heavy atom. The van der Waals surface area contributed by atoms with Crippen LogP contribution in [-0.4, -0.2) is 32.3 Å². The van der Waals surface area contributed by atoms with Crippen LogP contribution < -0.4 is 4.31 Å². The van der Waals surface area contributed by atoms with Crippen molar-refractivity contribution < 1.29 is 18.3 Å². The first-order valence-electron chi connectivity index (χ1n) is 7.63. The van der Waals surface area contributed by atoms with Crippen molar-refractivity contribution in [2.45, 2.75) is 30.6 Å². The van der Waals surface area contributed by atoms with Crippen molar-refractivity contribution in [2.75, 3.05) is 17.1 Å². The molecule has 0 bridgehead atoms. The van der Waals surface area contributed by atoms with Crippen molar-refractivity contribution in [1.29, 1.82) is 0 Å². The Morgan fingerprint density at radius 2 is 1.60 bits per heavy atom. The van der Waals surface area contributed by atoms with E-state index in [-0.39, 0.29) is 4.90 Å². The number of hydrogen-bond acceptors (Lipinski definition) is 4. The van der Waals surface area contributed by atoms with Crippen LogP contribution in [0.5, 0.6) is 0 Å². The molecule has 2 rings (SSSR count). The van der Waals surface area contributed by atoms with Gasteiger partial charge in [0.05, 0.1) is 10.6 Å². The molecular weight excluding hydrogens is 358 g/mol. The Labute approximate surface area is 152 Å². The van der Waals surface area contributed by atoms with Gasteiger partial charge in [0.2, 0.25) is 0 Å². The molecule has 0 saturated heterocycles. The molecule has 134 valence electrons. The lowest BCUT2D eigenvalue weighted by Gasteiger charge is -2.26. The second-order valence-corrected chi connectivity index (χ2v) is 8.57. The minimum atomic E-state index is -3.99. The SMILES string of the molecule is CSc1ccc(S(=O)(=O)N(CC(=O)O)c2c(C)cc(C)cc2C)cc1. The molecule has 7 heteroatoms. The minimum Gasteiger partial charge on any atom is -0.480 e. The second-order valence-electron chi connectivity index (χ2n) is 5.83. The molecule has 0 heterocycles. The molecule has 0 aliphatic rings. The van der Waals surface area contributed by atoms with Crippen molar-refractivity contribution in [3.05, 3.63) is 53.1 Å². The lowest BCUT2D eigenvalue weighted by molar-refractivity contribution is -0.135. The fourth-order valence-corrected chi connectivity index (χ4v) is 4.80. The van der Waals surface area contributed by atoms with Crippen LogP contribution in [0.4, 0.5) is 5.69 Å². The minimum absolute atomic E-state index is 0.0749. The predicted octanol–water partition coefficient (Wildman–Crippen LogP) is 3.61. The molecule has 0 aromatic heterocycles. The van der Waals surface area contributed by atoms with E-state index >= 15 is 0 Å². The van der Waals surface area contributed by atoms with Gasteiger partial charge in [-0.25, -0.2) is 8.42 Å². The summed E-state index contributed by atoms with van der Waals surface area (Å²) in [6.07, 6.45) is 1.90. The number of aryl methyl sites for hydroxylation is 3. The number of hydrogen-bond donors (Lipinski definition) is 1. The van der Waals surface area contributed by atoms with Gasteiger partial charge in [0, 0.05) is 4.90 Å². The van der Waals surface area contributed by atoms with Gasteiger partial charge in [-0.15, -0.1) is 11.8 Å². The molecule has 5 nitrogen and oxygen atoms in total. The third kappa shape index (κ3) is 4.16. The summed E-state index contributed by atoms with van der Waals surface area (Å²) in [5, 5.41) is 9.26. The number of carbonyl (C=O) groups is 1.